The van der Waals surface area contributed by atoms with E-state index >= 15 is 0 Å². The fourth-order valence-electron chi connectivity index (χ4n) is 2.52. The van der Waals surface area contributed by atoms with E-state index in [4.69, 9.17) is 0 Å². The van der Waals surface area contributed by atoms with Crippen molar-refractivity contribution in [2.75, 3.05) is 0 Å². The van der Waals surface area contributed by atoms with Gasteiger partial charge in [-0.25, -0.2) is 4.98 Å². The average molecular weight is 297 g/mol. The molecule has 0 aliphatic rings. The van der Waals surface area contributed by atoms with E-state index in [0.717, 1.165) is 39.8 Å². The first-order valence-corrected chi connectivity index (χ1v) is 7.74. The van der Waals surface area contributed by atoms with Crippen molar-refractivity contribution in [3.8, 4) is 11.3 Å². The molecule has 3 aromatic rings. The molecule has 0 saturated carbocycles. The van der Waals surface area contributed by atoms with E-state index in [-0.39, 0.29) is 5.56 Å². The molecule has 4 heteroatoms. The summed E-state index contributed by atoms with van der Waals surface area (Å²) in [5.41, 5.74) is 4.63. The molecule has 3 rings (SSSR count). The fourth-order valence-corrected chi connectivity index (χ4v) is 2.52. The number of nitrogens with one attached hydrogen (secondary N) is 1. The second-order valence-electron chi connectivity index (χ2n) is 5.10. The molecule has 0 radical (unpaired) electrons. The van der Waals surface area contributed by atoms with Crippen molar-refractivity contribution in [1.82, 2.24) is 14.5 Å². The van der Waals surface area contributed by atoms with Gasteiger partial charge in [0.2, 0.25) is 0 Å². The highest BCUT2D eigenvalue weighted by atomic mass is 16.1. The summed E-state index contributed by atoms with van der Waals surface area (Å²) in [6.45, 7) is 7.92. The monoisotopic (exact) mass is 297 g/mol. The van der Waals surface area contributed by atoms with Crippen LogP contribution in [0, 0.1) is 6.92 Å². The molecule has 0 amide bonds. The molecule has 22 heavy (non-hydrogen) atoms. The van der Waals surface area contributed by atoms with Gasteiger partial charge in [-0.1, -0.05) is 20.8 Å². The van der Waals surface area contributed by atoms with E-state index in [2.05, 4.69) is 23.0 Å². The first-order valence-electron chi connectivity index (χ1n) is 7.74. The molecule has 0 aromatic carbocycles. The van der Waals surface area contributed by atoms with Crippen molar-refractivity contribution in [2.45, 2.75) is 34.1 Å². The van der Waals surface area contributed by atoms with Crippen LogP contribution in [0.5, 0.6) is 0 Å². The van der Waals surface area contributed by atoms with Crippen LogP contribution in [0.1, 0.15) is 31.9 Å². The Morgan fingerprint density at radius 2 is 2.00 bits per heavy atom. The smallest absolute Gasteiger partial charge is 0.251 e. The maximum absolute atomic E-state index is 11.9. The summed E-state index contributed by atoms with van der Waals surface area (Å²) in [5, 5.41) is 1.08. The van der Waals surface area contributed by atoms with Crippen molar-refractivity contribution in [3.63, 3.8) is 0 Å². The molecule has 3 aromatic heterocycles. The zero-order chi connectivity index (χ0) is 16.3. The van der Waals surface area contributed by atoms with Crippen LogP contribution >= 0.6 is 0 Å². The van der Waals surface area contributed by atoms with Crippen molar-refractivity contribution in [3.05, 3.63) is 52.1 Å². The summed E-state index contributed by atoms with van der Waals surface area (Å²) >= 11 is 0. The lowest BCUT2D eigenvalue weighted by Gasteiger charge is -2.09. The standard InChI is InChI=1S/C16H17N3O.C2H6/c1-4-11-7-10(2)16(20)18-14(11)13-8-12-5-6-19(3)15(12)17-9-13;1-2/h5-9H,4H2,1-3H3,(H,18,20);1-2H3. The van der Waals surface area contributed by atoms with Gasteiger partial charge in [-0.3, -0.25) is 4.79 Å². The summed E-state index contributed by atoms with van der Waals surface area (Å²) < 4.78 is 1.98. The summed E-state index contributed by atoms with van der Waals surface area (Å²) in [6, 6.07) is 6.06. The number of aromatic nitrogens is 3. The molecule has 0 fully saturated rings. The zero-order valence-corrected chi connectivity index (χ0v) is 13.9. The molecule has 1 N–H and O–H groups in total. The number of hydrogen-bond donors (Lipinski definition) is 1. The van der Waals surface area contributed by atoms with Crippen LogP contribution < -0.4 is 5.56 Å². The Labute approximate surface area is 130 Å². The number of rotatable bonds is 2. The van der Waals surface area contributed by atoms with Gasteiger partial charge in [0.15, 0.2) is 0 Å². The molecule has 3 heterocycles. The molecule has 0 atom stereocenters. The minimum absolute atomic E-state index is 0.0367. The lowest BCUT2D eigenvalue weighted by molar-refractivity contribution is 0.948. The largest absolute Gasteiger partial charge is 0.336 e. The van der Waals surface area contributed by atoms with Crippen molar-refractivity contribution in [2.24, 2.45) is 7.05 Å². The van der Waals surface area contributed by atoms with Crippen molar-refractivity contribution < 1.29 is 0 Å². The van der Waals surface area contributed by atoms with Crippen LogP contribution in [-0.4, -0.2) is 14.5 Å². The topological polar surface area (TPSA) is 50.7 Å². The second kappa shape index (κ2) is 6.60. The first-order chi connectivity index (χ1) is 10.6. The van der Waals surface area contributed by atoms with Crippen LogP contribution in [0.2, 0.25) is 0 Å². The average Bonchev–Trinajstić information content (AvgIpc) is 2.92. The van der Waals surface area contributed by atoms with E-state index in [9.17, 15) is 4.79 Å². The number of hydrogen-bond acceptors (Lipinski definition) is 2. The van der Waals surface area contributed by atoms with Crippen LogP contribution in [0.3, 0.4) is 0 Å². The Kier molecular flexibility index (Phi) is 4.81. The Morgan fingerprint density at radius 3 is 2.68 bits per heavy atom. The molecule has 116 valence electrons. The minimum Gasteiger partial charge on any atom is -0.336 e. The molecule has 0 aliphatic heterocycles. The molecule has 0 spiro atoms. The molecule has 0 aliphatic carbocycles. The SMILES string of the molecule is CC.CCc1cc(C)c(=O)[nH]c1-c1cnc2c(ccn2C)c1. The summed E-state index contributed by atoms with van der Waals surface area (Å²) in [5.74, 6) is 0. The second-order valence-corrected chi connectivity index (χ2v) is 5.10. The van der Waals surface area contributed by atoms with Gasteiger partial charge in [0.25, 0.3) is 5.56 Å². The highest BCUT2D eigenvalue weighted by molar-refractivity contribution is 5.81. The van der Waals surface area contributed by atoms with E-state index in [0.29, 0.717) is 0 Å². The lowest BCUT2D eigenvalue weighted by Crippen LogP contribution is -2.12. The van der Waals surface area contributed by atoms with Gasteiger partial charge in [-0.15, -0.1) is 0 Å². The predicted octanol–water partition coefficient (Wildman–Crippen LogP) is 3.83. The Morgan fingerprint density at radius 1 is 1.27 bits per heavy atom. The number of pyridine rings is 2. The molecule has 4 nitrogen and oxygen atoms in total. The molecule has 0 unspecified atom stereocenters. The molecule has 0 saturated heterocycles. The minimum atomic E-state index is -0.0367. The highest BCUT2D eigenvalue weighted by Gasteiger charge is 2.09. The number of aryl methyl sites for hydroxylation is 3. The van der Waals surface area contributed by atoms with Gasteiger partial charge < -0.3 is 9.55 Å². The predicted molar refractivity (Wildman–Crippen MR) is 92.2 cm³/mol. The molecule has 0 bridgehead atoms. The quantitative estimate of drug-likeness (QED) is 0.781. The number of fused-ring (bicyclic) bond motifs is 1. The Hall–Kier alpha value is -2.36. The third kappa shape index (κ3) is 2.82. The summed E-state index contributed by atoms with van der Waals surface area (Å²) in [7, 11) is 1.97. The van der Waals surface area contributed by atoms with Gasteiger partial charge in [0.05, 0.1) is 5.69 Å². The van der Waals surface area contributed by atoms with E-state index in [1.165, 1.54) is 0 Å². The van der Waals surface area contributed by atoms with Crippen LogP contribution in [0.4, 0.5) is 0 Å². The molecular formula is C18H23N3O. The Bertz CT molecular complexity index is 843. The first kappa shape index (κ1) is 16.0. The third-order valence-corrected chi connectivity index (χ3v) is 3.69. The zero-order valence-electron chi connectivity index (χ0n) is 13.9. The summed E-state index contributed by atoms with van der Waals surface area (Å²) in [4.78, 5) is 19.3. The van der Waals surface area contributed by atoms with Crippen molar-refractivity contribution in [1.29, 1.82) is 0 Å². The Balaban J connectivity index is 0.000000847. The van der Waals surface area contributed by atoms with Crippen LogP contribution in [-0.2, 0) is 13.5 Å². The van der Waals surface area contributed by atoms with Gasteiger partial charge in [0.1, 0.15) is 5.65 Å². The number of H-pyrrole nitrogens is 1. The van der Waals surface area contributed by atoms with E-state index < -0.39 is 0 Å². The van der Waals surface area contributed by atoms with Gasteiger partial charge in [-0.05, 0) is 37.1 Å². The number of nitrogens with zero attached hydrogens (tertiary/aromatic N) is 2. The highest BCUT2D eigenvalue weighted by Crippen LogP contribution is 2.24. The van der Waals surface area contributed by atoms with Gasteiger partial charge >= 0.3 is 0 Å². The van der Waals surface area contributed by atoms with Crippen LogP contribution in [0.15, 0.2) is 35.4 Å². The molecular weight excluding hydrogens is 274 g/mol. The maximum Gasteiger partial charge on any atom is 0.251 e. The maximum atomic E-state index is 11.9. The number of aromatic amines is 1. The van der Waals surface area contributed by atoms with E-state index in [1.807, 2.05) is 56.9 Å². The summed E-state index contributed by atoms with van der Waals surface area (Å²) in [6.07, 6.45) is 4.68. The van der Waals surface area contributed by atoms with E-state index in [1.54, 1.807) is 0 Å². The van der Waals surface area contributed by atoms with Crippen molar-refractivity contribution >= 4 is 11.0 Å². The normalized spacial score (nSPS) is 10.4. The van der Waals surface area contributed by atoms with Gasteiger partial charge in [0, 0.05) is 36.0 Å². The fraction of sp³-hybridized carbons (Fsp3) is 0.333. The third-order valence-electron chi connectivity index (χ3n) is 3.69. The lowest BCUT2D eigenvalue weighted by atomic mass is 10.0. The van der Waals surface area contributed by atoms with Crippen LogP contribution in [0.25, 0.3) is 22.3 Å². The van der Waals surface area contributed by atoms with Gasteiger partial charge in [-0.2, -0.15) is 0 Å².